The Morgan fingerprint density at radius 1 is 1.40 bits per heavy atom. The van der Waals surface area contributed by atoms with Crippen molar-refractivity contribution in [2.45, 2.75) is 26.2 Å². The molecule has 1 aromatic heterocycles. The molecule has 1 atom stereocenters. The number of rotatable bonds is 5. The molecule has 0 aliphatic carbocycles. The van der Waals surface area contributed by atoms with Crippen molar-refractivity contribution < 1.29 is 4.79 Å². The molecule has 0 radical (unpaired) electrons. The summed E-state index contributed by atoms with van der Waals surface area (Å²) in [5, 5.41) is 10.8. The lowest BCUT2D eigenvalue weighted by Gasteiger charge is -2.22. The second kappa shape index (κ2) is 9.36. The fourth-order valence-electron chi connectivity index (χ4n) is 3.13. The quantitative estimate of drug-likeness (QED) is 0.768. The highest BCUT2D eigenvalue weighted by molar-refractivity contribution is 9.10. The first-order valence-corrected chi connectivity index (χ1v) is 9.24. The normalized spacial score (nSPS) is 17.0. The summed E-state index contributed by atoms with van der Waals surface area (Å²) in [6, 6.07) is 7.88. The molecule has 25 heavy (non-hydrogen) atoms. The average molecular weight is 428 g/mol. The van der Waals surface area contributed by atoms with Crippen LogP contribution in [0.15, 0.2) is 34.9 Å². The number of nitrogens with zero attached hydrogens (tertiary/aromatic N) is 2. The maximum absolute atomic E-state index is 12.4. The van der Waals surface area contributed by atoms with Gasteiger partial charge in [0.15, 0.2) is 0 Å². The van der Waals surface area contributed by atoms with Gasteiger partial charge < -0.3 is 10.6 Å². The number of piperidine rings is 1. The zero-order chi connectivity index (χ0) is 16.9. The predicted octanol–water partition coefficient (Wildman–Crippen LogP) is 3.48. The summed E-state index contributed by atoms with van der Waals surface area (Å²) in [7, 11) is 0. The van der Waals surface area contributed by atoms with Crippen LogP contribution in [-0.4, -0.2) is 35.3 Å². The molecule has 1 saturated heterocycles. The van der Waals surface area contributed by atoms with E-state index in [9.17, 15) is 4.79 Å². The first-order chi connectivity index (χ1) is 11.6. The van der Waals surface area contributed by atoms with Crippen LogP contribution in [-0.2, 0) is 0 Å². The Balaban J connectivity index is 0.00000225. The number of halogens is 2. The van der Waals surface area contributed by atoms with E-state index in [1.807, 2.05) is 31.2 Å². The molecular formula is C18H24BrClN4O. The van der Waals surface area contributed by atoms with Crippen molar-refractivity contribution in [3.05, 3.63) is 46.2 Å². The van der Waals surface area contributed by atoms with Crippen molar-refractivity contribution in [3.8, 4) is 5.69 Å². The lowest BCUT2D eigenvalue weighted by Crippen LogP contribution is -2.33. The molecule has 2 aromatic rings. The fourth-order valence-corrected chi connectivity index (χ4v) is 3.39. The molecule has 2 N–H and O–H groups in total. The summed E-state index contributed by atoms with van der Waals surface area (Å²) in [5.41, 5.74) is 2.44. The number of carbonyl (C=O) groups is 1. The minimum atomic E-state index is -0.0420. The van der Waals surface area contributed by atoms with Crippen LogP contribution in [0.1, 0.15) is 35.3 Å². The van der Waals surface area contributed by atoms with Gasteiger partial charge in [0.05, 0.1) is 23.1 Å². The third kappa shape index (κ3) is 5.06. The number of carbonyl (C=O) groups excluding carboxylic acids is 1. The van der Waals surface area contributed by atoms with Gasteiger partial charge in [0.25, 0.3) is 5.91 Å². The summed E-state index contributed by atoms with van der Waals surface area (Å²) >= 11 is 3.43. The molecule has 1 aromatic carbocycles. The van der Waals surface area contributed by atoms with Crippen LogP contribution in [0.5, 0.6) is 0 Å². The molecule has 0 saturated carbocycles. The van der Waals surface area contributed by atoms with Crippen LogP contribution >= 0.6 is 28.3 Å². The van der Waals surface area contributed by atoms with Gasteiger partial charge in [0, 0.05) is 11.0 Å². The van der Waals surface area contributed by atoms with Gasteiger partial charge in [-0.25, -0.2) is 4.68 Å². The number of hydrogen-bond acceptors (Lipinski definition) is 3. The second-order valence-corrected chi connectivity index (χ2v) is 7.20. The Kier molecular flexibility index (Phi) is 7.47. The average Bonchev–Trinajstić information content (AvgIpc) is 2.98. The standard InChI is InChI=1S/C18H23BrN4O.ClH/c1-13-17(12-22-23(13)16-6-4-15(19)5-7-16)18(24)21-10-8-14-3-2-9-20-11-14;/h4-7,12,14,20H,2-3,8-11H2,1H3,(H,21,24);1H. The van der Waals surface area contributed by atoms with Crippen molar-refractivity contribution in [2.24, 2.45) is 5.92 Å². The number of aromatic nitrogens is 2. The van der Waals surface area contributed by atoms with Crippen LogP contribution in [0, 0.1) is 12.8 Å². The Hall–Kier alpha value is -1.37. The van der Waals surface area contributed by atoms with E-state index in [1.165, 1.54) is 12.8 Å². The fraction of sp³-hybridized carbons (Fsp3) is 0.444. The first-order valence-electron chi connectivity index (χ1n) is 8.44. The predicted molar refractivity (Wildman–Crippen MR) is 106 cm³/mol. The van der Waals surface area contributed by atoms with Gasteiger partial charge in [0.2, 0.25) is 0 Å². The van der Waals surface area contributed by atoms with Gasteiger partial charge in [-0.1, -0.05) is 15.9 Å². The van der Waals surface area contributed by atoms with Gasteiger partial charge in [-0.05, 0) is 69.5 Å². The lowest BCUT2D eigenvalue weighted by molar-refractivity contribution is 0.0950. The van der Waals surface area contributed by atoms with Gasteiger partial charge in [-0.15, -0.1) is 12.4 Å². The van der Waals surface area contributed by atoms with Crippen LogP contribution < -0.4 is 10.6 Å². The molecule has 1 amide bonds. The number of benzene rings is 1. The third-order valence-corrected chi connectivity index (χ3v) is 5.09. The smallest absolute Gasteiger partial charge is 0.254 e. The van der Waals surface area contributed by atoms with Gasteiger partial charge in [-0.2, -0.15) is 5.10 Å². The number of hydrogen-bond donors (Lipinski definition) is 2. The summed E-state index contributed by atoms with van der Waals surface area (Å²) < 4.78 is 2.82. The zero-order valence-electron chi connectivity index (χ0n) is 14.3. The summed E-state index contributed by atoms with van der Waals surface area (Å²) in [5.74, 6) is 0.630. The Morgan fingerprint density at radius 2 is 2.16 bits per heavy atom. The maximum atomic E-state index is 12.4. The van der Waals surface area contributed by atoms with Crippen LogP contribution in [0.4, 0.5) is 0 Å². The van der Waals surface area contributed by atoms with Crippen molar-refractivity contribution >= 4 is 34.2 Å². The number of amides is 1. The Labute approximate surface area is 163 Å². The minimum absolute atomic E-state index is 0. The van der Waals surface area contributed by atoms with Crippen LogP contribution in [0.2, 0.25) is 0 Å². The SMILES string of the molecule is Cc1c(C(=O)NCCC2CCCNC2)cnn1-c1ccc(Br)cc1.Cl. The van der Waals surface area contributed by atoms with Crippen LogP contribution in [0.3, 0.4) is 0 Å². The monoisotopic (exact) mass is 426 g/mol. The van der Waals surface area contributed by atoms with E-state index in [-0.39, 0.29) is 18.3 Å². The first kappa shape index (κ1) is 19.9. The lowest BCUT2D eigenvalue weighted by atomic mass is 9.96. The highest BCUT2D eigenvalue weighted by Crippen LogP contribution is 2.17. The number of nitrogens with one attached hydrogen (secondary N) is 2. The van der Waals surface area contributed by atoms with E-state index >= 15 is 0 Å². The Morgan fingerprint density at radius 3 is 2.84 bits per heavy atom. The van der Waals surface area contributed by atoms with Gasteiger partial charge in [0.1, 0.15) is 0 Å². The summed E-state index contributed by atoms with van der Waals surface area (Å²) in [4.78, 5) is 12.4. The Bertz CT molecular complexity index is 696. The molecule has 1 fully saturated rings. The highest BCUT2D eigenvalue weighted by atomic mass is 79.9. The van der Waals surface area contributed by atoms with Crippen molar-refractivity contribution in [1.29, 1.82) is 0 Å². The third-order valence-electron chi connectivity index (χ3n) is 4.56. The molecule has 136 valence electrons. The van der Waals surface area contributed by atoms with E-state index in [1.54, 1.807) is 10.9 Å². The molecular weight excluding hydrogens is 404 g/mol. The van der Waals surface area contributed by atoms with Gasteiger partial charge >= 0.3 is 0 Å². The summed E-state index contributed by atoms with van der Waals surface area (Å²) in [6.45, 7) is 4.83. The molecule has 1 unspecified atom stereocenters. The van der Waals surface area contributed by atoms with Crippen molar-refractivity contribution in [1.82, 2.24) is 20.4 Å². The van der Waals surface area contributed by atoms with Gasteiger partial charge in [-0.3, -0.25) is 4.79 Å². The van der Waals surface area contributed by atoms with E-state index in [0.29, 0.717) is 18.0 Å². The summed E-state index contributed by atoms with van der Waals surface area (Å²) in [6.07, 6.45) is 5.16. The highest BCUT2D eigenvalue weighted by Gasteiger charge is 2.16. The largest absolute Gasteiger partial charge is 0.352 e. The molecule has 7 heteroatoms. The molecule has 0 spiro atoms. The molecule has 0 bridgehead atoms. The molecule has 1 aliphatic rings. The van der Waals surface area contributed by atoms with E-state index in [2.05, 4.69) is 31.7 Å². The second-order valence-electron chi connectivity index (χ2n) is 6.29. The minimum Gasteiger partial charge on any atom is -0.352 e. The van der Waals surface area contributed by atoms with Crippen LogP contribution in [0.25, 0.3) is 5.69 Å². The van der Waals surface area contributed by atoms with E-state index in [4.69, 9.17) is 0 Å². The molecule has 3 rings (SSSR count). The molecule has 5 nitrogen and oxygen atoms in total. The maximum Gasteiger partial charge on any atom is 0.254 e. The topological polar surface area (TPSA) is 59.0 Å². The van der Waals surface area contributed by atoms with E-state index in [0.717, 1.165) is 35.4 Å². The zero-order valence-corrected chi connectivity index (χ0v) is 16.7. The van der Waals surface area contributed by atoms with Crippen molar-refractivity contribution in [3.63, 3.8) is 0 Å². The van der Waals surface area contributed by atoms with Crippen molar-refractivity contribution in [2.75, 3.05) is 19.6 Å². The molecule has 1 aliphatic heterocycles. The molecule has 2 heterocycles. The van der Waals surface area contributed by atoms with E-state index < -0.39 is 0 Å².